The van der Waals surface area contributed by atoms with Crippen molar-refractivity contribution in [3.63, 3.8) is 0 Å². The maximum atomic E-state index is 13.2. The first-order valence-electron chi connectivity index (χ1n) is 8.87. The van der Waals surface area contributed by atoms with E-state index in [9.17, 15) is 4.79 Å². The lowest BCUT2D eigenvalue weighted by Crippen LogP contribution is -2.24. The van der Waals surface area contributed by atoms with Gasteiger partial charge in [0.15, 0.2) is 11.4 Å². The van der Waals surface area contributed by atoms with E-state index in [0.29, 0.717) is 18.5 Å². The first-order valence-corrected chi connectivity index (χ1v) is 10.7. The molecule has 1 fully saturated rings. The van der Waals surface area contributed by atoms with Crippen LogP contribution >= 0.6 is 23.5 Å². The van der Waals surface area contributed by atoms with Gasteiger partial charge in [0.2, 0.25) is 0 Å². The Morgan fingerprint density at radius 3 is 2.73 bits per heavy atom. The smallest absolute Gasteiger partial charge is 0.272 e. The fourth-order valence-corrected chi connectivity index (χ4v) is 5.22. The molecular formula is C19H22N2O3S2. The predicted molar refractivity (Wildman–Crippen MR) is 105 cm³/mol. The maximum absolute atomic E-state index is 13.2. The minimum absolute atomic E-state index is 0.0454. The minimum Gasteiger partial charge on any atom is -0.350 e. The molecule has 1 aromatic carbocycles. The molecule has 0 bridgehead atoms. The van der Waals surface area contributed by atoms with Crippen LogP contribution in [0.4, 0.5) is 0 Å². The van der Waals surface area contributed by atoms with E-state index < -0.39 is 0 Å². The second kappa shape index (κ2) is 7.76. The Labute approximate surface area is 161 Å². The van der Waals surface area contributed by atoms with Crippen molar-refractivity contribution in [2.24, 2.45) is 0 Å². The highest BCUT2D eigenvalue weighted by Crippen LogP contribution is 2.35. The van der Waals surface area contributed by atoms with Gasteiger partial charge in [-0.2, -0.15) is 0 Å². The van der Waals surface area contributed by atoms with E-state index in [1.54, 1.807) is 28.1 Å². The largest absolute Gasteiger partial charge is 0.350 e. The van der Waals surface area contributed by atoms with Gasteiger partial charge in [-0.05, 0) is 19.1 Å². The number of ether oxygens (including phenoxy) is 2. The second-order valence-corrected chi connectivity index (χ2v) is 9.10. The Morgan fingerprint density at radius 1 is 1.27 bits per heavy atom. The molecule has 7 heteroatoms. The average molecular weight is 391 g/mol. The number of aryl methyl sites for hydroxylation is 1. The first-order chi connectivity index (χ1) is 12.6. The molecule has 0 spiro atoms. The van der Waals surface area contributed by atoms with Crippen LogP contribution in [0.25, 0.3) is 5.69 Å². The summed E-state index contributed by atoms with van der Waals surface area (Å²) in [5.74, 6) is 0.796. The predicted octanol–water partition coefficient (Wildman–Crippen LogP) is 3.43. The monoisotopic (exact) mass is 390 g/mol. The van der Waals surface area contributed by atoms with E-state index in [2.05, 4.69) is 6.92 Å². The molecule has 0 amide bonds. The highest BCUT2D eigenvalue weighted by molar-refractivity contribution is 8.00. The van der Waals surface area contributed by atoms with E-state index in [1.165, 1.54) is 5.56 Å². The molecule has 1 unspecified atom stereocenters. The van der Waals surface area contributed by atoms with Gasteiger partial charge in [-0.25, -0.2) is 4.98 Å². The molecule has 0 radical (unpaired) electrons. The van der Waals surface area contributed by atoms with Gasteiger partial charge in [-0.1, -0.05) is 36.4 Å². The van der Waals surface area contributed by atoms with Crippen LogP contribution in [0, 0.1) is 6.92 Å². The lowest BCUT2D eigenvalue weighted by Gasteiger charge is -2.14. The highest BCUT2D eigenvalue weighted by Gasteiger charge is 2.27. The average Bonchev–Trinajstić information content (AvgIpc) is 3.26. The summed E-state index contributed by atoms with van der Waals surface area (Å²) >= 11 is 3.23. The van der Waals surface area contributed by atoms with Crippen molar-refractivity contribution < 1.29 is 9.47 Å². The van der Waals surface area contributed by atoms with Crippen LogP contribution in [0.3, 0.4) is 0 Å². The van der Waals surface area contributed by atoms with Crippen molar-refractivity contribution >= 4 is 23.5 Å². The molecule has 0 saturated carbocycles. The lowest BCUT2D eigenvalue weighted by molar-refractivity contribution is -0.0421. The van der Waals surface area contributed by atoms with Crippen molar-refractivity contribution in [3.8, 4) is 5.69 Å². The number of hydrogen-bond donors (Lipinski definition) is 0. The molecule has 1 aromatic heterocycles. The third-order valence-corrected chi connectivity index (χ3v) is 6.64. The molecule has 0 aliphatic carbocycles. The quantitative estimate of drug-likeness (QED) is 0.576. The number of rotatable bonds is 5. The fourth-order valence-electron chi connectivity index (χ4n) is 3.14. The summed E-state index contributed by atoms with van der Waals surface area (Å²) in [5, 5.41) is 1.16. The summed E-state index contributed by atoms with van der Waals surface area (Å²) in [6, 6.07) is 8.03. The van der Waals surface area contributed by atoms with Crippen molar-refractivity contribution in [1.82, 2.24) is 9.55 Å². The van der Waals surface area contributed by atoms with Crippen molar-refractivity contribution in [1.29, 1.82) is 0 Å². The molecule has 138 valence electrons. The van der Waals surface area contributed by atoms with Gasteiger partial charge in [-0.3, -0.25) is 9.36 Å². The normalized spacial score (nSPS) is 19.8. The molecule has 1 atom stereocenters. The summed E-state index contributed by atoms with van der Waals surface area (Å²) in [5.41, 5.74) is 3.02. The van der Waals surface area contributed by atoms with Crippen LogP contribution in [-0.4, -0.2) is 40.1 Å². The summed E-state index contributed by atoms with van der Waals surface area (Å²) in [7, 11) is 0. The van der Waals surface area contributed by atoms with Gasteiger partial charge in [0.25, 0.3) is 5.56 Å². The van der Waals surface area contributed by atoms with E-state index >= 15 is 0 Å². The van der Waals surface area contributed by atoms with Gasteiger partial charge >= 0.3 is 0 Å². The number of nitrogens with zero attached hydrogens (tertiary/aromatic N) is 2. The molecule has 4 rings (SSSR count). The molecule has 26 heavy (non-hydrogen) atoms. The Morgan fingerprint density at radius 2 is 2.00 bits per heavy atom. The third kappa shape index (κ3) is 3.71. The van der Waals surface area contributed by atoms with Crippen LogP contribution in [0.1, 0.15) is 24.6 Å². The molecule has 2 aliphatic heterocycles. The Hall–Kier alpha value is -1.28. The van der Waals surface area contributed by atoms with E-state index in [0.717, 1.165) is 40.0 Å². The number of aromatic nitrogens is 2. The molecule has 2 aliphatic rings. The standard InChI is InChI=1S/C19H22N2O3S2/c1-12-3-5-14(6-4-12)21-18(22)17-15(11-13(2)26-17)20-19(21)25-10-7-16-23-8-9-24-16/h3-6,13,16H,7-11H2,1-2H3. The van der Waals surface area contributed by atoms with E-state index in [-0.39, 0.29) is 11.8 Å². The minimum atomic E-state index is -0.132. The molecule has 0 N–H and O–H groups in total. The van der Waals surface area contributed by atoms with Gasteiger partial charge < -0.3 is 9.47 Å². The van der Waals surface area contributed by atoms with Gasteiger partial charge in [-0.15, -0.1) is 11.8 Å². The second-order valence-electron chi connectivity index (χ2n) is 6.59. The van der Waals surface area contributed by atoms with Crippen LogP contribution in [0.5, 0.6) is 0 Å². The Bertz CT molecular complexity index is 845. The summed E-state index contributed by atoms with van der Waals surface area (Å²) < 4.78 is 12.8. The number of fused-ring (bicyclic) bond motifs is 1. The molecule has 5 nitrogen and oxygen atoms in total. The summed E-state index contributed by atoms with van der Waals surface area (Å²) in [4.78, 5) is 18.8. The topological polar surface area (TPSA) is 53.4 Å². The molecule has 2 aromatic rings. The van der Waals surface area contributed by atoms with E-state index in [4.69, 9.17) is 14.5 Å². The SMILES string of the molecule is Cc1ccc(-n2c(SCCC3OCCO3)nc3c(c2=O)SC(C)C3)cc1. The molecule has 3 heterocycles. The number of hydrogen-bond acceptors (Lipinski definition) is 6. The summed E-state index contributed by atoms with van der Waals surface area (Å²) in [6.45, 7) is 5.51. The molecule has 1 saturated heterocycles. The zero-order valence-corrected chi connectivity index (χ0v) is 16.6. The fraction of sp³-hybridized carbons (Fsp3) is 0.474. The van der Waals surface area contributed by atoms with E-state index in [1.807, 2.05) is 31.2 Å². The van der Waals surface area contributed by atoms with Crippen molar-refractivity contribution in [2.45, 2.75) is 48.3 Å². The van der Waals surface area contributed by atoms with Gasteiger partial charge in [0.05, 0.1) is 29.5 Å². The summed E-state index contributed by atoms with van der Waals surface area (Å²) in [6.07, 6.45) is 1.51. The van der Waals surface area contributed by atoms with Crippen molar-refractivity contribution in [3.05, 3.63) is 45.9 Å². The Balaban J connectivity index is 1.66. The van der Waals surface area contributed by atoms with Crippen LogP contribution in [0.15, 0.2) is 39.1 Å². The first kappa shape index (κ1) is 18.1. The Kier molecular flexibility index (Phi) is 5.40. The zero-order chi connectivity index (χ0) is 18.1. The number of thioether (sulfide) groups is 2. The van der Waals surface area contributed by atoms with Crippen LogP contribution < -0.4 is 5.56 Å². The van der Waals surface area contributed by atoms with Crippen LogP contribution in [-0.2, 0) is 15.9 Å². The highest BCUT2D eigenvalue weighted by atomic mass is 32.2. The lowest BCUT2D eigenvalue weighted by atomic mass is 10.2. The van der Waals surface area contributed by atoms with Crippen molar-refractivity contribution in [2.75, 3.05) is 19.0 Å². The molecular weight excluding hydrogens is 368 g/mol. The number of benzene rings is 1. The van der Waals surface area contributed by atoms with Crippen LogP contribution in [0.2, 0.25) is 0 Å². The zero-order valence-electron chi connectivity index (χ0n) is 14.9. The van der Waals surface area contributed by atoms with Gasteiger partial charge in [0, 0.05) is 23.8 Å². The van der Waals surface area contributed by atoms with Gasteiger partial charge in [0.1, 0.15) is 0 Å². The third-order valence-electron chi connectivity index (χ3n) is 4.45. The maximum Gasteiger partial charge on any atom is 0.272 e.